The van der Waals surface area contributed by atoms with E-state index in [4.69, 9.17) is 4.74 Å². The van der Waals surface area contributed by atoms with Crippen molar-refractivity contribution in [2.75, 3.05) is 20.2 Å². The van der Waals surface area contributed by atoms with Crippen LogP contribution in [0.2, 0.25) is 0 Å². The van der Waals surface area contributed by atoms with Crippen LogP contribution < -0.4 is 0 Å². The van der Waals surface area contributed by atoms with Gasteiger partial charge in [-0.2, -0.15) is 0 Å². The van der Waals surface area contributed by atoms with E-state index in [-0.39, 0.29) is 11.9 Å². The average Bonchev–Trinajstić information content (AvgIpc) is 2.87. The molecule has 3 nitrogen and oxygen atoms in total. The first-order valence-corrected chi connectivity index (χ1v) is 6.09. The lowest BCUT2D eigenvalue weighted by Crippen LogP contribution is -2.26. The third-order valence-corrected chi connectivity index (χ3v) is 3.58. The van der Waals surface area contributed by atoms with Crippen molar-refractivity contribution in [3.05, 3.63) is 35.9 Å². The molecule has 0 radical (unpaired) electrons. The standard InChI is InChI=1S/C14H19NO2/c1-11(12-6-4-3-5-7-12)15-9-8-13(10-15)14(16)17-2/h3-7,11,13H,8-10H2,1-2H3/t11-,13-/m1/s1. The van der Waals surface area contributed by atoms with Crippen LogP contribution in [-0.4, -0.2) is 31.1 Å². The number of likely N-dealkylation sites (tertiary alicyclic amines) is 1. The minimum atomic E-state index is -0.0761. The second-order valence-electron chi connectivity index (χ2n) is 4.59. The smallest absolute Gasteiger partial charge is 0.310 e. The van der Waals surface area contributed by atoms with Crippen molar-refractivity contribution in [1.29, 1.82) is 0 Å². The van der Waals surface area contributed by atoms with Crippen molar-refractivity contribution < 1.29 is 9.53 Å². The van der Waals surface area contributed by atoms with E-state index in [1.54, 1.807) is 0 Å². The molecular weight excluding hydrogens is 214 g/mol. The van der Waals surface area contributed by atoms with Crippen LogP contribution in [0.3, 0.4) is 0 Å². The van der Waals surface area contributed by atoms with Crippen molar-refractivity contribution in [2.45, 2.75) is 19.4 Å². The summed E-state index contributed by atoms with van der Waals surface area (Å²) < 4.78 is 4.80. The highest BCUT2D eigenvalue weighted by Gasteiger charge is 2.31. The third kappa shape index (κ3) is 2.67. The van der Waals surface area contributed by atoms with E-state index in [1.807, 2.05) is 6.07 Å². The second kappa shape index (κ2) is 5.32. The van der Waals surface area contributed by atoms with Gasteiger partial charge in [-0.3, -0.25) is 9.69 Å². The molecule has 1 aromatic rings. The molecular formula is C14H19NO2. The molecule has 3 heteroatoms. The van der Waals surface area contributed by atoms with E-state index < -0.39 is 0 Å². The topological polar surface area (TPSA) is 29.5 Å². The molecule has 0 spiro atoms. The minimum Gasteiger partial charge on any atom is -0.469 e. The first-order valence-electron chi connectivity index (χ1n) is 6.09. The van der Waals surface area contributed by atoms with Crippen LogP contribution in [0.4, 0.5) is 0 Å². The molecule has 17 heavy (non-hydrogen) atoms. The van der Waals surface area contributed by atoms with Crippen molar-refractivity contribution in [3.63, 3.8) is 0 Å². The summed E-state index contributed by atoms with van der Waals surface area (Å²) in [6, 6.07) is 10.8. The number of rotatable bonds is 3. The zero-order valence-corrected chi connectivity index (χ0v) is 10.4. The first kappa shape index (κ1) is 12.1. The lowest BCUT2D eigenvalue weighted by Gasteiger charge is -2.24. The van der Waals surface area contributed by atoms with E-state index in [1.165, 1.54) is 12.7 Å². The zero-order chi connectivity index (χ0) is 12.3. The molecule has 2 rings (SSSR count). The second-order valence-corrected chi connectivity index (χ2v) is 4.59. The van der Waals surface area contributed by atoms with Gasteiger partial charge in [0.2, 0.25) is 0 Å². The van der Waals surface area contributed by atoms with Crippen molar-refractivity contribution in [2.24, 2.45) is 5.92 Å². The number of ether oxygens (including phenoxy) is 1. The van der Waals surface area contributed by atoms with Gasteiger partial charge in [-0.05, 0) is 25.5 Å². The molecule has 2 atom stereocenters. The summed E-state index contributed by atoms with van der Waals surface area (Å²) in [5.74, 6) is -0.0288. The molecule has 1 aromatic carbocycles. The number of nitrogens with zero attached hydrogens (tertiary/aromatic N) is 1. The molecule has 0 N–H and O–H groups in total. The molecule has 1 aliphatic rings. The highest BCUT2D eigenvalue weighted by molar-refractivity contribution is 5.72. The summed E-state index contributed by atoms with van der Waals surface area (Å²) in [4.78, 5) is 13.8. The maximum atomic E-state index is 11.5. The van der Waals surface area contributed by atoms with Crippen molar-refractivity contribution in [3.8, 4) is 0 Å². The highest BCUT2D eigenvalue weighted by atomic mass is 16.5. The van der Waals surface area contributed by atoms with Gasteiger partial charge < -0.3 is 4.74 Å². The maximum Gasteiger partial charge on any atom is 0.310 e. The Labute approximate surface area is 102 Å². The van der Waals surface area contributed by atoms with E-state index in [2.05, 4.69) is 36.1 Å². The molecule has 0 unspecified atom stereocenters. The van der Waals surface area contributed by atoms with Crippen LogP contribution in [0.5, 0.6) is 0 Å². The quantitative estimate of drug-likeness (QED) is 0.750. The first-order chi connectivity index (χ1) is 8.22. The summed E-state index contributed by atoms with van der Waals surface area (Å²) in [5.41, 5.74) is 1.30. The van der Waals surface area contributed by atoms with Crippen molar-refractivity contribution in [1.82, 2.24) is 4.90 Å². The Morgan fingerprint density at radius 2 is 2.12 bits per heavy atom. The lowest BCUT2D eigenvalue weighted by atomic mass is 10.1. The minimum absolute atomic E-state index is 0.0474. The highest BCUT2D eigenvalue weighted by Crippen LogP contribution is 2.27. The van der Waals surface area contributed by atoms with Crippen LogP contribution in [0.15, 0.2) is 30.3 Å². The zero-order valence-electron chi connectivity index (χ0n) is 10.4. The Hall–Kier alpha value is -1.35. The molecule has 0 aliphatic carbocycles. The third-order valence-electron chi connectivity index (χ3n) is 3.58. The average molecular weight is 233 g/mol. The molecule has 1 heterocycles. The Bertz CT molecular complexity index is 377. The fraction of sp³-hybridized carbons (Fsp3) is 0.500. The summed E-state index contributed by atoms with van der Waals surface area (Å²) in [7, 11) is 1.46. The Balaban J connectivity index is 1.99. The number of hydrogen-bond acceptors (Lipinski definition) is 3. The molecule has 0 amide bonds. The molecule has 92 valence electrons. The van der Waals surface area contributed by atoms with Gasteiger partial charge in [0.25, 0.3) is 0 Å². The van der Waals surface area contributed by atoms with Gasteiger partial charge in [-0.1, -0.05) is 30.3 Å². The number of esters is 1. The van der Waals surface area contributed by atoms with Crippen LogP contribution >= 0.6 is 0 Å². The number of methoxy groups -OCH3 is 1. The largest absolute Gasteiger partial charge is 0.469 e. The Morgan fingerprint density at radius 3 is 2.76 bits per heavy atom. The van der Waals surface area contributed by atoms with Gasteiger partial charge in [0.15, 0.2) is 0 Å². The van der Waals surface area contributed by atoms with Crippen LogP contribution in [0.25, 0.3) is 0 Å². The van der Waals surface area contributed by atoms with Crippen LogP contribution in [-0.2, 0) is 9.53 Å². The molecule has 0 aromatic heterocycles. The van der Waals surface area contributed by atoms with E-state index >= 15 is 0 Å². The maximum absolute atomic E-state index is 11.5. The summed E-state index contributed by atoms with van der Waals surface area (Å²) >= 11 is 0. The van der Waals surface area contributed by atoms with E-state index in [9.17, 15) is 4.79 Å². The molecule has 1 aliphatic heterocycles. The number of hydrogen-bond donors (Lipinski definition) is 0. The Kier molecular flexibility index (Phi) is 3.79. The van der Waals surface area contributed by atoms with Gasteiger partial charge in [0.1, 0.15) is 0 Å². The fourth-order valence-corrected chi connectivity index (χ4v) is 2.44. The molecule has 0 saturated carbocycles. The lowest BCUT2D eigenvalue weighted by molar-refractivity contribution is -0.145. The van der Waals surface area contributed by atoms with Crippen LogP contribution in [0, 0.1) is 5.92 Å². The number of carbonyl (C=O) groups excluding carboxylic acids is 1. The van der Waals surface area contributed by atoms with Gasteiger partial charge >= 0.3 is 5.97 Å². The summed E-state index contributed by atoms with van der Waals surface area (Å²) in [6.45, 7) is 3.97. The predicted octanol–water partition coefficient (Wildman–Crippen LogP) is 2.24. The molecule has 0 bridgehead atoms. The van der Waals surface area contributed by atoms with Crippen LogP contribution in [0.1, 0.15) is 24.9 Å². The SMILES string of the molecule is COC(=O)[C@@H]1CCN([C@H](C)c2ccccc2)C1. The predicted molar refractivity (Wildman–Crippen MR) is 66.6 cm³/mol. The van der Waals surface area contributed by atoms with E-state index in [0.717, 1.165) is 19.5 Å². The number of benzene rings is 1. The molecule has 1 fully saturated rings. The molecule has 1 saturated heterocycles. The van der Waals surface area contributed by atoms with E-state index in [0.29, 0.717) is 6.04 Å². The number of carbonyl (C=O) groups is 1. The summed E-state index contributed by atoms with van der Waals surface area (Å²) in [6.07, 6.45) is 0.907. The Morgan fingerprint density at radius 1 is 1.41 bits per heavy atom. The normalized spacial score (nSPS) is 22.4. The van der Waals surface area contributed by atoms with Gasteiger partial charge in [0.05, 0.1) is 13.0 Å². The van der Waals surface area contributed by atoms with Crippen molar-refractivity contribution >= 4 is 5.97 Å². The summed E-state index contributed by atoms with van der Waals surface area (Å²) in [5, 5.41) is 0. The fourth-order valence-electron chi connectivity index (χ4n) is 2.44. The van der Waals surface area contributed by atoms with Gasteiger partial charge in [-0.15, -0.1) is 0 Å². The van der Waals surface area contributed by atoms with Gasteiger partial charge in [0, 0.05) is 12.6 Å². The monoisotopic (exact) mass is 233 g/mol. The van der Waals surface area contributed by atoms with Gasteiger partial charge in [-0.25, -0.2) is 0 Å².